The average Bonchev–Trinajstić information content (AvgIpc) is 2.66. The molecular formula is C22H29NO5S. The number of benzene rings is 2. The fourth-order valence-electron chi connectivity index (χ4n) is 3.62. The van der Waals surface area contributed by atoms with Crippen molar-refractivity contribution in [2.75, 3.05) is 26.5 Å². The van der Waals surface area contributed by atoms with Crippen LogP contribution < -0.4 is 9.47 Å². The molecule has 0 aliphatic carbocycles. The van der Waals surface area contributed by atoms with Crippen LogP contribution in [0.5, 0.6) is 11.5 Å². The highest BCUT2D eigenvalue weighted by Gasteiger charge is 2.40. The molecule has 1 aliphatic rings. The number of fused-ring (bicyclic) bond motifs is 1. The molecule has 0 saturated carbocycles. The van der Waals surface area contributed by atoms with Gasteiger partial charge in [0.2, 0.25) is 10.0 Å². The molecule has 0 amide bonds. The van der Waals surface area contributed by atoms with Crippen molar-refractivity contribution >= 4 is 10.0 Å². The zero-order valence-electron chi connectivity index (χ0n) is 17.4. The summed E-state index contributed by atoms with van der Waals surface area (Å²) in [5.74, 6) is 1.37. The number of ether oxygens (including phenoxy) is 3. The van der Waals surface area contributed by atoms with Crippen LogP contribution in [0.1, 0.15) is 37.4 Å². The van der Waals surface area contributed by atoms with Crippen LogP contribution in [0.15, 0.2) is 48.5 Å². The van der Waals surface area contributed by atoms with Crippen molar-refractivity contribution in [1.82, 2.24) is 4.31 Å². The van der Waals surface area contributed by atoms with Gasteiger partial charge in [-0.3, -0.25) is 0 Å². The molecular weight excluding hydrogens is 390 g/mol. The third-order valence-electron chi connectivity index (χ3n) is 4.95. The van der Waals surface area contributed by atoms with E-state index in [-0.39, 0.29) is 12.6 Å². The Labute approximate surface area is 173 Å². The number of sulfonamides is 1. The summed E-state index contributed by atoms with van der Waals surface area (Å²) >= 11 is 0. The van der Waals surface area contributed by atoms with Crippen molar-refractivity contribution in [3.8, 4) is 11.5 Å². The van der Waals surface area contributed by atoms with Gasteiger partial charge in [0, 0.05) is 25.6 Å². The molecule has 0 fully saturated rings. The first kappa shape index (κ1) is 21.6. The summed E-state index contributed by atoms with van der Waals surface area (Å²) in [6.45, 7) is 4.99. The zero-order chi connectivity index (χ0) is 21.1. The van der Waals surface area contributed by atoms with Crippen LogP contribution in [-0.4, -0.2) is 44.8 Å². The molecule has 1 atom stereocenters. The van der Waals surface area contributed by atoms with Crippen LogP contribution >= 0.6 is 0 Å². The molecule has 2 aromatic carbocycles. The van der Waals surface area contributed by atoms with Gasteiger partial charge in [-0.1, -0.05) is 30.3 Å². The molecule has 0 N–H and O–H groups in total. The van der Waals surface area contributed by atoms with Crippen LogP contribution in [0.25, 0.3) is 0 Å². The molecule has 0 saturated heterocycles. The van der Waals surface area contributed by atoms with Crippen molar-refractivity contribution in [1.29, 1.82) is 0 Å². The molecule has 6 nitrogen and oxygen atoms in total. The summed E-state index contributed by atoms with van der Waals surface area (Å²) in [7, 11) is -1.87. The molecule has 0 spiro atoms. The second-order valence-electron chi connectivity index (χ2n) is 7.92. The van der Waals surface area contributed by atoms with Gasteiger partial charge in [0.25, 0.3) is 0 Å². The molecule has 2 aromatic rings. The van der Waals surface area contributed by atoms with Gasteiger partial charge < -0.3 is 14.2 Å². The van der Waals surface area contributed by atoms with Gasteiger partial charge in [0.15, 0.2) is 0 Å². The van der Waals surface area contributed by atoms with Crippen molar-refractivity contribution < 1.29 is 22.6 Å². The first-order chi connectivity index (χ1) is 13.7. The van der Waals surface area contributed by atoms with Crippen molar-refractivity contribution in [3.63, 3.8) is 0 Å². The summed E-state index contributed by atoms with van der Waals surface area (Å²) in [5, 5.41) is 0. The highest BCUT2D eigenvalue weighted by molar-refractivity contribution is 7.88. The number of methoxy groups -OCH3 is 1. The van der Waals surface area contributed by atoms with Crippen molar-refractivity contribution in [2.24, 2.45) is 0 Å². The Morgan fingerprint density at radius 1 is 1.17 bits per heavy atom. The third kappa shape index (κ3) is 5.50. The number of nitrogens with zero attached hydrogens (tertiary/aromatic N) is 1. The first-order valence-corrected chi connectivity index (χ1v) is 11.5. The first-order valence-electron chi connectivity index (χ1n) is 9.65. The van der Waals surface area contributed by atoms with E-state index in [1.54, 1.807) is 7.11 Å². The molecule has 1 heterocycles. The van der Waals surface area contributed by atoms with Crippen molar-refractivity contribution in [3.05, 3.63) is 59.7 Å². The topological polar surface area (TPSA) is 65.1 Å². The second kappa shape index (κ2) is 8.73. The lowest BCUT2D eigenvalue weighted by Crippen LogP contribution is -2.44. The van der Waals surface area contributed by atoms with Crippen molar-refractivity contribution in [2.45, 2.75) is 38.5 Å². The van der Waals surface area contributed by atoms with Crippen LogP contribution in [0, 0.1) is 0 Å². The van der Waals surface area contributed by atoms with Crippen LogP contribution in [-0.2, 0) is 21.4 Å². The zero-order valence-corrected chi connectivity index (χ0v) is 18.2. The predicted molar refractivity (Wildman–Crippen MR) is 113 cm³/mol. The van der Waals surface area contributed by atoms with Gasteiger partial charge in [-0.15, -0.1) is 0 Å². The van der Waals surface area contributed by atoms with E-state index in [0.717, 1.165) is 11.1 Å². The molecule has 1 aliphatic heterocycles. The SMILES string of the molecule is COCCN(C1CC(C)(C)Oc2ccc(OCc3ccccc3)cc21)S(C)(=O)=O. The number of hydrogen-bond donors (Lipinski definition) is 0. The molecule has 0 radical (unpaired) electrons. The van der Waals surface area contributed by atoms with Gasteiger partial charge in [-0.2, -0.15) is 4.31 Å². The normalized spacial score (nSPS) is 18.2. The number of rotatable bonds is 8. The quantitative estimate of drug-likeness (QED) is 0.652. The summed E-state index contributed by atoms with van der Waals surface area (Å²) in [5.41, 5.74) is 1.40. The monoisotopic (exact) mass is 419 g/mol. The fourth-order valence-corrected chi connectivity index (χ4v) is 4.67. The maximum Gasteiger partial charge on any atom is 0.211 e. The highest BCUT2D eigenvalue weighted by atomic mass is 32.2. The van der Waals surface area contributed by atoms with Gasteiger partial charge in [0.05, 0.1) is 18.9 Å². The minimum atomic E-state index is -3.44. The Balaban J connectivity index is 1.92. The number of hydrogen-bond acceptors (Lipinski definition) is 5. The van der Waals surface area contributed by atoms with E-state index in [1.165, 1.54) is 10.6 Å². The highest BCUT2D eigenvalue weighted by Crippen LogP contribution is 2.44. The minimum absolute atomic E-state index is 0.282. The van der Waals surface area contributed by atoms with E-state index >= 15 is 0 Å². The van der Waals surface area contributed by atoms with E-state index < -0.39 is 15.6 Å². The fraction of sp³-hybridized carbons (Fsp3) is 0.455. The summed E-state index contributed by atoms with van der Waals surface area (Å²) in [4.78, 5) is 0. The molecule has 29 heavy (non-hydrogen) atoms. The molecule has 0 bridgehead atoms. The van der Waals surface area contributed by atoms with Gasteiger partial charge in [0.1, 0.15) is 23.7 Å². The predicted octanol–water partition coefficient (Wildman–Crippen LogP) is 3.78. The van der Waals surface area contributed by atoms with E-state index in [9.17, 15) is 8.42 Å². The molecule has 1 unspecified atom stereocenters. The van der Waals surface area contributed by atoms with Gasteiger partial charge >= 0.3 is 0 Å². The Morgan fingerprint density at radius 3 is 2.55 bits per heavy atom. The maximum atomic E-state index is 12.6. The second-order valence-corrected chi connectivity index (χ2v) is 9.86. The van der Waals surface area contributed by atoms with E-state index in [4.69, 9.17) is 14.2 Å². The Hall–Kier alpha value is -2.09. The summed E-state index contributed by atoms with van der Waals surface area (Å²) < 4.78 is 43.8. The van der Waals surface area contributed by atoms with E-state index in [2.05, 4.69) is 0 Å². The summed E-state index contributed by atoms with van der Waals surface area (Å²) in [6.07, 6.45) is 1.78. The lowest BCUT2D eigenvalue weighted by Gasteiger charge is -2.41. The largest absolute Gasteiger partial charge is 0.489 e. The molecule has 0 aromatic heterocycles. The van der Waals surface area contributed by atoms with E-state index in [1.807, 2.05) is 62.4 Å². The molecule has 3 rings (SSSR count). The van der Waals surface area contributed by atoms with Crippen LogP contribution in [0.3, 0.4) is 0 Å². The van der Waals surface area contributed by atoms with E-state index in [0.29, 0.717) is 31.1 Å². The Bertz CT molecular complexity index is 927. The lowest BCUT2D eigenvalue weighted by molar-refractivity contribution is 0.0455. The Kier molecular flexibility index (Phi) is 6.51. The third-order valence-corrected chi connectivity index (χ3v) is 6.24. The smallest absolute Gasteiger partial charge is 0.211 e. The van der Waals surface area contributed by atoms with Gasteiger partial charge in [-0.25, -0.2) is 8.42 Å². The molecule has 7 heteroatoms. The van der Waals surface area contributed by atoms with Crippen LogP contribution in [0.4, 0.5) is 0 Å². The maximum absolute atomic E-state index is 12.6. The average molecular weight is 420 g/mol. The summed E-state index contributed by atoms with van der Waals surface area (Å²) in [6, 6.07) is 15.2. The minimum Gasteiger partial charge on any atom is -0.489 e. The standard InChI is InChI=1S/C22H29NO5S/c1-22(2)15-20(23(12-13-26-3)29(4,24)25)19-14-18(10-11-21(19)28-22)27-16-17-8-6-5-7-9-17/h5-11,14,20H,12-13,15-16H2,1-4H3. The lowest BCUT2D eigenvalue weighted by atomic mass is 9.89. The van der Waals surface area contributed by atoms with Crippen LogP contribution in [0.2, 0.25) is 0 Å². The Morgan fingerprint density at radius 2 is 1.90 bits per heavy atom. The van der Waals surface area contributed by atoms with Gasteiger partial charge in [-0.05, 0) is 37.6 Å². The molecule has 158 valence electrons.